The summed E-state index contributed by atoms with van der Waals surface area (Å²) in [6, 6.07) is 0. The zero-order valence-electron chi connectivity index (χ0n) is 70.5. The van der Waals surface area contributed by atoms with Gasteiger partial charge in [0.2, 0.25) is 0 Å². The van der Waals surface area contributed by atoms with Gasteiger partial charge in [-0.15, -0.1) is 0 Å². The maximum absolute atomic E-state index is 13.8. The largest absolute Gasteiger partial charge is 0.463 e. The third-order valence-corrected chi connectivity index (χ3v) is 17.7. The van der Waals surface area contributed by atoms with Gasteiger partial charge in [-0.1, -0.05) is 0 Å². The molecule has 0 aromatic rings. The van der Waals surface area contributed by atoms with E-state index in [0.29, 0.717) is 0 Å². The van der Waals surface area contributed by atoms with E-state index in [9.17, 15) is 96.2 Å². The maximum atomic E-state index is 13.8. The smallest absolute Gasteiger partial charge is 0.303 e. The van der Waals surface area contributed by atoms with Gasteiger partial charge in [0, 0.05) is 132 Å². The second-order valence-corrected chi connectivity index (χ2v) is 28.1. The highest BCUT2D eigenvalue weighted by Gasteiger charge is 2.64. The van der Waals surface area contributed by atoms with E-state index in [1.54, 1.807) is 0 Å². The van der Waals surface area contributed by atoms with Crippen LogP contribution in [0.1, 0.15) is 132 Å². The van der Waals surface area contributed by atoms with Crippen LogP contribution in [0.5, 0.6) is 0 Å². The van der Waals surface area contributed by atoms with Crippen molar-refractivity contribution < 1.29 is 238 Å². The molecule has 50 nitrogen and oxygen atoms in total. The number of esters is 19. The van der Waals surface area contributed by atoms with Gasteiger partial charge in [-0.05, 0) is 0 Å². The fourth-order valence-electron chi connectivity index (χ4n) is 13.6. The van der Waals surface area contributed by atoms with E-state index in [4.69, 9.17) is 142 Å². The summed E-state index contributed by atoms with van der Waals surface area (Å²) in [5, 5.41) is 11.2. The van der Waals surface area contributed by atoms with E-state index in [-0.39, 0.29) is 0 Å². The molecule has 6 rings (SSSR count). The van der Waals surface area contributed by atoms with Gasteiger partial charge < -0.3 is 147 Å². The summed E-state index contributed by atoms with van der Waals surface area (Å²) in [6.07, 6.45) is -64.0. The zero-order chi connectivity index (χ0) is 92.7. The monoisotopic (exact) mass is 1790 g/mol. The van der Waals surface area contributed by atoms with Crippen molar-refractivity contribution in [3.05, 3.63) is 0 Å². The highest BCUT2D eigenvalue weighted by Crippen LogP contribution is 2.43. The first kappa shape index (κ1) is 102. The molecule has 6 aliphatic heterocycles. The molecule has 0 aliphatic carbocycles. The maximum Gasteiger partial charge on any atom is 0.303 e. The van der Waals surface area contributed by atoms with Gasteiger partial charge in [0.15, 0.2) is 117 Å². The topological polar surface area (TPSA) is 621 Å². The van der Waals surface area contributed by atoms with E-state index >= 15 is 0 Å². The summed E-state index contributed by atoms with van der Waals surface area (Å²) in [5.74, 6) is -21.7. The molecular weight excluding hydrogens is 1690 g/mol. The van der Waals surface area contributed by atoms with Gasteiger partial charge in [-0.2, -0.15) is 0 Å². The van der Waals surface area contributed by atoms with Crippen LogP contribution >= 0.6 is 0 Å². The third-order valence-electron chi connectivity index (χ3n) is 17.7. The molecule has 0 saturated carbocycles. The molecule has 0 bridgehead atoms. The highest BCUT2D eigenvalue weighted by atomic mass is 16.8. The molecule has 0 amide bonds. The molecule has 30 atom stereocenters. The Morgan fingerprint density at radius 3 is 0.468 bits per heavy atom. The Morgan fingerprint density at radius 1 is 0.169 bits per heavy atom. The number of hydrogen-bond acceptors (Lipinski definition) is 50. The van der Waals surface area contributed by atoms with Crippen molar-refractivity contribution in [3.63, 3.8) is 0 Å². The van der Waals surface area contributed by atoms with Crippen LogP contribution in [0.25, 0.3) is 0 Å². The van der Waals surface area contributed by atoms with Crippen LogP contribution in [0.2, 0.25) is 0 Å². The van der Waals surface area contributed by atoms with Gasteiger partial charge in [0.25, 0.3) is 0 Å². The predicted molar refractivity (Wildman–Crippen MR) is 381 cm³/mol. The summed E-state index contributed by atoms with van der Waals surface area (Å²) in [4.78, 5) is 249. The number of rotatable bonds is 35. The Balaban J connectivity index is 1.54. The summed E-state index contributed by atoms with van der Waals surface area (Å²) >= 11 is 0. The van der Waals surface area contributed by atoms with E-state index < -0.39 is 337 Å². The van der Waals surface area contributed by atoms with E-state index in [0.717, 1.165) is 132 Å². The molecule has 6 aliphatic rings. The standard InChI is InChI=1S/C74H100O50/c1-26(75)95-20-45-52(57(102-33(8)82)63(69(94)114-45)108-39(14)88)120-71-65(110-41(16)90)59(104-35(10)84)54(47(116-71)22-97-28(3)77)122-73-67(112-43(18)92)61(106-37(12)86)56(49(118-73)24-99-30(5)79)124-74-68(113-44(19)93)62(107-38(13)87)55(50(119-74)25-100-31(6)80)123-72-66(111-42(17)91)60(105-36(11)85)53(48(117-72)23-98-29(4)78)121-70-64(109-40(15)89)58(103-34(9)83)51(101-32(7)81)46(115-70)21-96-27(2)76/h45-74,94H,20-25H2,1-19H3/t45?,46?,47?,48?,49?,50?,51-,52-,53-,54-,55-,56-,57-,58+,59-,60+,61-,62-,63?,64?,65?,66?,67?,68?,69+,70-,71-,72-,73-,74-/m1/s1. The lowest BCUT2D eigenvalue weighted by atomic mass is 9.94. The summed E-state index contributed by atoms with van der Waals surface area (Å²) in [7, 11) is 0. The second kappa shape index (κ2) is 47.0. The molecule has 0 aromatic heterocycles. The van der Waals surface area contributed by atoms with Crippen LogP contribution in [0.15, 0.2) is 0 Å². The Morgan fingerprint density at radius 2 is 0.298 bits per heavy atom. The normalized spacial score (nSPS) is 33.1. The lowest BCUT2D eigenvalue weighted by molar-refractivity contribution is -0.396. The molecule has 696 valence electrons. The Hall–Kier alpha value is -10.6. The Kier molecular flexibility index (Phi) is 38.7. The number of hydrogen-bond donors (Lipinski definition) is 1. The van der Waals surface area contributed by atoms with Crippen molar-refractivity contribution in [2.75, 3.05) is 39.6 Å². The van der Waals surface area contributed by atoms with Crippen LogP contribution in [0, 0.1) is 0 Å². The second-order valence-electron chi connectivity index (χ2n) is 28.1. The average molecular weight is 1790 g/mol. The number of aliphatic hydroxyl groups is 1. The van der Waals surface area contributed by atoms with Crippen LogP contribution in [0.4, 0.5) is 0 Å². The zero-order valence-corrected chi connectivity index (χ0v) is 70.5. The Labute approximate surface area is 705 Å². The van der Waals surface area contributed by atoms with Crippen LogP contribution in [0.3, 0.4) is 0 Å². The highest BCUT2D eigenvalue weighted by molar-refractivity contribution is 5.73. The van der Waals surface area contributed by atoms with Gasteiger partial charge >= 0.3 is 113 Å². The minimum atomic E-state index is -2.43. The van der Waals surface area contributed by atoms with Crippen molar-refractivity contribution in [3.8, 4) is 0 Å². The predicted octanol–water partition coefficient (Wildman–Crippen LogP) is -3.26. The fraction of sp³-hybridized carbons (Fsp3) is 0.743. The van der Waals surface area contributed by atoms with Gasteiger partial charge in [-0.3, -0.25) is 91.1 Å². The van der Waals surface area contributed by atoms with Gasteiger partial charge in [0.05, 0.1) is 0 Å². The van der Waals surface area contributed by atoms with Gasteiger partial charge in [-0.25, -0.2) is 0 Å². The molecule has 1 N–H and O–H groups in total. The molecule has 6 fully saturated rings. The number of aliphatic hydroxyl groups excluding tert-OH is 1. The van der Waals surface area contributed by atoms with Crippen LogP contribution in [-0.2, 0) is 233 Å². The van der Waals surface area contributed by atoms with Crippen LogP contribution < -0.4 is 0 Å². The first-order valence-corrected chi connectivity index (χ1v) is 37.9. The molecule has 12 unspecified atom stereocenters. The third kappa shape index (κ3) is 30.4. The molecular formula is C74H100O50. The van der Waals surface area contributed by atoms with Crippen molar-refractivity contribution in [1.29, 1.82) is 0 Å². The molecule has 6 saturated heterocycles. The van der Waals surface area contributed by atoms with E-state index in [1.165, 1.54) is 0 Å². The Bertz CT molecular complexity index is 3840. The molecule has 124 heavy (non-hydrogen) atoms. The molecule has 0 aromatic carbocycles. The van der Waals surface area contributed by atoms with Crippen molar-refractivity contribution in [2.24, 2.45) is 0 Å². The minimum absolute atomic E-state index is 0.804. The number of carbonyl (C=O) groups excluding carboxylic acids is 19. The quantitative estimate of drug-likeness (QED) is 0.0481. The van der Waals surface area contributed by atoms with Crippen molar-refractivity contribution in [2.45, 2.75) is 316 Å². The SMILES string of the molecule is CC(=O)OCC1O[C@H](O[C@@H]2C(COC(C)=O)O[C@H](O[C@@H]3C(COC(C)=O)O[C@H](O[C@@H]4C(COC(C)=O)O[C@H](O[C@@H]5C(COC(C)=O)O[C@H](O[C@@H]6C(COC(C)=O)O[C@H](O)C(OC(C)=O)[C@@H]6OC(C)=O)C(OC(C)=O)[C@@H]5OC(C)=O)C(OC(C)=O)[C@@H]4OC(C)=O)C(OC(C)=O)[C@@H]3OC(C)=O)C(OC(C)=O)[C@H]2OC(C)=O)C(OC(C)=O)[C@@H](OC(C)=O)[C@@H]1OC(C)=O. The molecule has 50 heteroatoms. The summed E-state index contributed by atoms with van der Waals surface area (Å²) in [5.41, 5.74) is 0. The first-order valence-electron chi connectivity index (χ1n) is 37.9. The van der Waals surface area contributed by atoms with Crippen molar-refractivity contribution >= 4 is 113 Å². The van der Waals surface area contributed by atoms with Crippen molar-refractivity contribution in [1.82, 2.24) is 0 Å². The van der Waals surface area contributed by atoms with E-state index in [1.807, 2.05) is 0 Å². The lowest BCUT2D eigenvalue weighted by Crippen LogP contribution is -2.70. The number of ether oxygens (including phenoxy) is 30. The van der Waals surface area contributed by atoms with E-state index in [2.05, 4.69) is 0 Å². The van der Waals surface area contributed by atoms with Gasteiger partial charge in [0.1, 0.15) is 107 Å². The molecule has 0 spiro atoms. The molecule has 0 radical (unpaired) electrons. The summed E-state index contributed by atoms with van der Waals surface area (Å²) < 4.78 is 177. The average Bonchev–Trinajstić information content (AvgIpc) is 0.753. The first-order chi connectivity index (χ1) is 58.0. The number of carbonyl (C=O) groups is 19. The fourth-order valence-corrected chi connectivity index (χ4v) is 13.6. The molecule has 6 heterocycles. The minimum Gasteiger partial charge on any atom is -0.463 e. The summed E-state index contributed by atoms with van der Waals surface area (Å²) in [6.45, 7) is 10.8. The van der Waals surface area contributed by atoms with Crippen LogP contribution in [-0.4, -0.2) is 342 Å². The lowest BCUT2D eigenvalue weighted by Gasteiger charge is -2.51.